The van der Waals surface area contributed by atoms with Crippen LogP contribution in [0.25, 0.3) is 0 Å². The first kappa shape index (κ1) is 22.4. The van der Waals surface area contributed by atoms with Gasteiger partial charge >= 0.3 is 5.97 Å². The molecule has 2 aliphatic rings. The van der Waals surface area contributed by atoms with Gasteiger partial charge in [-0.3, -0.25) is 4.72 Å². The number of nitriles is 1. The lowest BCUT2D eigenvalue weighted by Gasteiger charge is -2.21. The number of nitrogens with zero attached hydrogens (tertiary/aromatic N) is 1. The summed E-state index contributed by atoms with van der Waals surface area (Å²) in [6, 6.07) is 9.09. The lowest BCUT2D eigenvalue weighted by molar-refractivity contribution is 0.0692. The Hall–Kier alpha value is -2.76. The molecule has 0 spiro atoms. The number of ether oxygens (including phenoxy) is 1. The minimum absolute atomic E-state index is 0.0539. The van der Waals surface area contributed by atoms with Gasteiger partial charge in [-0.05, 0) is 67.7 Å². The van der Waals surface area contributed by atoms with E-state index in [-0.39, 0.29) is 44.5 Å². The van der Waals surface area contributed by atoms with Crippen molar-refractivity contribution in [1.82, 2.24) is 0 Å². The summed E-state index contributed by atoms with van der Waals surface area (Å²) < 4.78 is 35.2. The van der Waals surface area contributed by atoms with Crippen LogP contribution in [0.1, 0.15) is 66.4 Å². The topological polar surface area (TPSA) is 116 Å². The zero-order chi connectivity index (χ0) is 23.0. The molecule has 4 rings (SSSR count). The lowest BCUT2D eigenvalue weighted by atomic mass is 10.1. The second kappa shape index (κ2) is 8.64. The standard InChI is InChI=1S/C23H23ClN2O5S/c1-13-3-2-4-20(13)31-21-11-18(24)16(12-25)9-19(21)26-32(29,30)22-10-15(14-5-6-14)7-8-17(22)23(27)28/h7-11,13-14,20,26H,2-6H2,1H3,(H,27,28)/t13-,20-/m1/s1. The van der Waals surface area contributed by atoms with Gasteiger partial charge in [0, 0.05) is 6.07 Å². The molecular formula is C23H23ClN2O5S. The number of carboxylic acids is 1. The van der Waals surface area contributed by atoms with Crippen LogP contribution in [-0.2, 0) is 10.0 Å². The number of carbonyl (C=O) groups is 1. The van der Waals surface area contributed by atoms with E-state index in [0.29, 0.717) is 5.92 Å². The van der Waals surface area contributed by atoms with Crippen LogP contribution in [0.4, 0.5) is 5.69 Å². The number of benzene rings is 2. The molecule has 9 heteroatoms. The van der Waals surface area contributed by atoms with Gasteiger partial charge in [0.15, 0.2) is 0 Å². The van der Waals surface area contributed by atoms with Gasteiger partial charge in [-0.15, -0.1) is 0 Å². The van der Waals surface area contributed by atoms with Crippen molar-refractivity contribution >= 4 is 33.3 Å². The number of rotatable bonds is 7. The molecule has 2 aromatic carbocycles. The first-order valence-corrected chi connectivity index (χ1v) is 12.4. The highest BCUT2D eigenvalue weighted by molar-refractivity contribution is 7.92. The van der Waals surface area contributed by atoms with Crippen molar-refractivity contribution in [2.24, 2.45) is 5.92 Å². The Morgan fingerprint density at radius 1 is 1.22 bits per heavy atom. The maximum atomic E-state index is 13.3. The molecule has 2 N–H and O–H groups in total. The molecule has 0 unspecified atom stereocenters. The number of halogens is 1. The van der Waals surface area contributed by atoms with Gasteiger partial charge in [0.25, 0.3) is 10.0 Å². The summed E-state index contributed by atoms with van der Waals surface area (Å²) in [5.41, 5.74) is 0.614. The third-order valence-corrected chi connectivity index (χ3v) is 7.79. The zero-order valence-corrected chi connectivity index (χ0v) is 19.0. The van der Waals surface area contributed by atoms with Gasteiger partial charge in [0.05, 0.1) is 21.8 Å². The molecule has 0 saturated heterocycles. The van der Waals surface area contributed by atoms with Crippen molar-refractivity contribution in [1.29, 1.82) is 5.26 Å². The Morgan fingerprint density at radius 3 is 2.56 bits per heavy atom. The van der Waals surface area contributed by atoms with Gasteiger partial charge < -0.3 is 9.84 Å². The molecule has 0 amide bonds. The minimum Gasteiger partial charge on any atom is -0.488 e. The second-order valence-electron chi connectivity index (χ2n) is 8.45. The van der Waals surface area contributed by atoms with Crippen LogP contribution in [0.2, 0.25) is 5.02 Å². The normalized spacial score (nSPS) is 20.5. The van der Waals surface area contributed by atoms with E-state index in [1.54, 1.807) is 6.07 Å². The van der Waals surface area contributed by atoms with Crippen molar-refractivity contribution in [2.75, 3.05) is 4.72 Å². The van der Waals surface area contributed by atoms with E-state index in [1.165, 1.54) is 24.3 Å². The number of hydrogen-bond donors (Lipinski definition) is 2. The first-order chi connectivity index (χ1) is 15.2. The molecule has 168 valence electrons. The Labute approximate surface area is 192 Å². The average molecular weight is 475 g/mol. The van der Waals surface area contributed by atoms with E-state index in [0.717, 1.165) is 37.7 Å². The van der Waals surface area contributed by atoms with Crippen LogP contribution in [0.5, 0.6) is 5.75 Å². The minimum atomic E-state index is -4.29. The van der Waals surface area contributed by atoms with Gasteiger partial charge in [-0.25, -0.2) is 13.2 Å². The molecule has 0 aliphatic heterocycles. The van der Waals surface area contributed by atoms with E-state index < -0.39 is 16.0 Å². The van der Waals surface area contributed by atoms with Gasteiger partial charge in [-0.1, -0.05) is 24.6 Å². The molecule has 0 radical (unpaired) electrons. The average Bonchev–Trinajstić information content (AvgIpc) is 3.52. The number of hydrogen-bond acceptors (Lipinski definition) is 5. The van der Waals surface area contributed by atoms with Crippen molar-refractivity contribution < 1.29 is 23.1 Å². The van der Waals surface area contributed by atoms with Gasteiger partial charge in [0.1, 0.15) is 22.8 Å². The fourth-order valence-corrected chi connectivity index (χ4v) is 5.57. The monoisotopic (exact) mass is 474 g/mol. The number of nitrogens with one attached hydrogen (secondary N) is 1. The highest BCUT2D eigenvalue weighted by Gasteiger charge is 2.30. The van der Waals surface area contributed by atoms with Crippen LogP contribution in [0, 0.1) is 17.2 Å². The molecule has 0 aromatic heterocycles. The van der Waals surface area contributed by atoms with Crippen molar-refractivity contribution in [3.63, 3.8) is 0 Å². The van der Waals surface area contributed by atoms with Crippen molar-refractivity contribution in [3.05, 3.63) is 52.0 Å². The summed E-state index contributed by atoms with van der Waals surface area (Å²) in [7, 11) is -4.29. The molecule has 0 heterocycles. The van der Waals surface area contributed by atoms with Gasteiger partial charge in [0.2, 0.25) is 0 Å². The number of carboxylic acid groups (broad SMARTS) is 1. The molecule has 0 bridgehead atoms. The number of sulfonamides is 1. The predicted octanol–water partition coefficient (Wildman–Crippen LogP) is 5.16. The van der Waals surface area contributed by atoms with Crippen LogP contribution in [0.3, 0.4) is 0 Å². The van der Waals surface area contributed by atoms with Crippen LogP contribution in [0.15, 0.2) is 35.2 Å². The largest absolute Gasteiger partial charge is 0.488 e. The smallest absolute Gasteiger partial charge is 0.337 e. The quantitative estimate of drug-likeness (QED) is 0.572. The van der Waals surface area contributed by atoms with E-state index in [4.69, 9.17) is 16.3 Å². The lowest BCUT2D eigenvalue weighted by Crippen LogP contribution is -2.21. The molecule has 2 aromatic rings. The third kappa shape index (κ3) is 4.54. The summed E-state index contributed by atoms with van der Waals surface area (Å²) in [6.07, 6.45) is 4.63. The van der Waals surface area contributed by atoms with E-state index >= 15 is 0 Å². The van der Waals surface area contributed by atoms with Crippen molar-refractivity contribution in [3.8, 4) is 11.8 Å². The maximum absolute atomic E-state index is 13.3. The SMILES string of the molecule is C[C@@H]1CCC[C@H]1Oc1cc(Cl)c(C#N)cc1NS(=O)(=O)c1cc(C2CC2)ccc1C(=O)O. The molecule has 7 nitrogen and oxygen atoms in total. The molecule has 2 aliphatic carbocycles. The summed E-state index contributed by atoms with van der Waals surface area (Å²) in [4.78, 5) is 11.4. The highest BCUT2D eigenvalue weighted by atomic mass is 35.5. The number of aromatic carboxylic acids is 1. The molecule has 32 heavy (non-hydrogen) atoms. The molecule has 2 saturated carbocycles. The van der Waals surface area contributed by atoms with E-state index in [9.17, 15) is 23.6 Å². The summed E-state index contributed by atoms with van der Waals surface area (Å²) in [5.74, 6) is -0.581. The fraction of sp³-hybridized carbons (Fsp3) is 0.391. The van der Waals surface area contributed by atoms with Crippen molar-refractivity contribution in [2.45, 2.75) is 55.9 Å². The van der Waals surface area contributed by atoms with Crippen LogP contribution in [-0.4, -0.2) is 25.6 Å². The zero-order valence-electron chi connectivity index (χ0n) is 17.5. The summed E-state index contributed by atoms with van der Waals surface area (Å²) in [6.45, 7) is 2.06. The first-order valence-electron chi connectivity index (χ1n) is 10.5. The number of anilines is 1. The van der Waals surface area contributed by atoms with Crippen LogP contribution < -0.4 is 9.46 Å². The van der Waals surface area contributed by atoms with Gasteiger partial charge in [-0.2, -0.15) is 5.26 Å². The second-order valence-corrected chi connectivity index (χ2v) is 10.5. The van der Waals surface area contributed by atoms with E-state index in [1.807, 2.05) is 6.07 Å². The molecule has 2 fully saturated rings. The summed E-state index contributed by atoms with van der Waals surface area (Å²) >= 11 is 6.18. The predicted molar refractivity (Wildman–Crippen MR) is 120 cm³/mol. The Morgan fingerprint density at radius 2 is 1.97 bits per heavy atom. The Bertz CT molecular complexity index is 1220. The summed E-state index contributed by atoms with van der Waals surface area (Å²) in [5, 5.41) is 19.1. The third-order valence-electron chi connectivity index (χ3n) is 6.07. The highest BCUT2D eigenvalue weighted by Crippen LogP contribution is 2.42. The Kier molecular flexibility index (Phi) is 6.06. The Balaban J connectivity index is 1.75. The molecule has 2 atom stereocenters. The van der Waals surface area contributed by atoms with Crippen LogP contribution >= 0.6 is 11.6 Å². The fourth-order valence-electron chi connectivity index (χ4n) is 4.08. The van der Waals surface area contributed by atoms with E-state index in [2.05, 4.69) is 11.6 Å². The maximum Gasteiger partial charge on any atom is 0.337 e. The molecular weight excluding hydrogens is 452 g/mol.